The van der Waals surface area contributed by atoms with Crippen molar-refractivity contribution in [3.63, 3.8) is 0 Å². The van der Waals surface area contributed by atoms with Gasteiger partial charge in [0.15, 0.2) is 0 Å². The molecule has 1 aliphatic carbocycles. The molecule has 4 nitrogen and oxygen atoms in total. The molecule has 1 aromatic carbocycles. The minimum Gasteiger partial charge on any atom is -0.507 e. The lowest BCUT2D eigenvalue weighted by molar-refractivity contribution is 0.0585. The van der Waals surface area contributed by atoms with Gasteiger partial charge >= 0.3 is 0 Å². The summed E-state index contributed by atoms with van der Waals surface area (Å²) in [7, 11) is 0. The van der Waals surface area contributed by atoms with E-state index in [9.17, 15) is 9.90 Å². The van der Waals surface area contributed by atoms with Gasteiger partial charge in [0.1, 0.15) is 5.75 Å². The van der Waals surface area contributed by atoms with Crippen LogP contribution in [-0.2, 0) is 0 Å². The first-order valence-corrected chi connectivity index (χ1v) is 6.19. The van der Waals surface area contributed by atoms with Gasteiger partial charge in [0.25, 0.3) is 5.91 Å². The molecule has 98 valence electrons. The van der Waals surface area contributed by atoms with Crippen LogP contribution in [0.15, 0.2) is 18.2 Å². The van der Waals surface area contributed by atoms with Crippen molar-refractivity contribution in [1.82, 2.24) is 5.32 Å². The minimum absolute atomic E-state index is 0.0522. The maximum Gasteiger partial charge on any atom is 0.255 e. The minimum atomic E-state index is -0.235. The second-order valence-electron chi connectivity index (χ2n) is 5.66. The zero-order chi connectivity index (χ0) is 13.5. The van der Waals surface area contributed by atoms with E-state index in [2.05, 4.69) is 5.32 Å². The quantitative estimate of drug-likeness (QED) is 0.743. The maximum atomic E-state index is 12.1. The van der Waals surface area contributed by atoms with Crippen molar-refractivity contribution in [2.24, 2.45) is 11.1 Å². The highest BCUT2D eigenvalue weighted by Crippen LogP contribution is 2.39. The number of aryl methyl sites for hydroxylation is 1. The molecule has 2 rings (SSSR count). The van der Waals surface area contributed by atoms with Crippen LogP contribution in [0, 0.1) is 12.3 Å². The molecule has 1 amide bonds. The fourth-order valence-electron chi connectivity index (χ4n) is 2.28. The Labute approximate surface area is 107 Å². The SMILES string of the molecule is Cc1cccc(C(=O)NC2CC(N)C2(C)C)c1O. The van der Waals surface area contributed by atoms with E-state index in [1.54, 1.807) is 25.1 Å². The predicted octanol–water partition coefficient (Wildman–Crippen LogP) is 1.56. The summed E-state index contributed by atoms with van der Waals surface area (Å²) < 4.78 is 0. The van der Waals surface area contributed by atoms with Gasteiger partial charge in [0, 0.05) is 17.5 Å². The molecule has 1 saturated carbocycles. The van der Waals surface area contributed by atoms with Crippen LogP contribution in [0.25, 0.3) is 0 Å². The molecular formula is C14H20N2O2. The number of benzene rings is 1. The predicted molar refractivity (Wildman–Crippen MR) is 70.5 cm³/mol. The lowest BCUT2D eigenvalue weighted by atomic mass is 9.63. The molecule has 0 heterocycles. The molecule has 0 aliphatic heterocycles. The van der Waals surface area contributed by atoms with Gasteiger partial charge in [-0.15, -0.1) is 0 Å². The Morgan fingerprint density at radius 2 is 2.17 bits per heavy atom. The van der Waals surface area contributed by atoms with E-state index in [0.717, 1.165) is 6.42 Å². The van der Waals surface area contributed by atoms with Gasteiger partial charge in [-0.2, -0.15) is 0 Å². The van der Waals surface area contributed by atoms with Gasteiger partial charge in [-0.3, -0.25) is 4.79 Å². The van der Waals surface area contributed by atoms with Crippen LogP contribution >= 0.6 is 0 Å². The molecule has 1 aromatic rings. The zero-order valence-corrected chi connectivity index (χ0v) is 11.0. The third kappa shape index (κ3) is 1.97. The lowest BCUT2D eigenvalue weighted by Crippen LogP contribution is -2.64. The molecule has 0 aromatic heterocycles. The highest BCUT2D eigenvalue weighted by atomic mass is 16.3. The van der Waals surface area contributed by atoms with Crippen LogP contribution in [-0.4, -0.2) is 23.1 Å². The van der Waals surface area contributed by atoms with Crippen LogP contribution < -0.4 is 11.1 Å². The third-order valence-corrected chi connectivity index (χ3v) is 4.13. The van der Waals surface area contributed by atoms with Gasteiger partial charge in [-0.05, 0) is 25.0 Å². The van der Waals surface area contributed by atoms with Crippen molar-refractivity contribution in [2.45, 2.75) is 39.3 Å². The van der Waals surface area contributed by atoms with Crippen LogP contribution in [0.1, 0.15) is 36.2 Å². The van der Waals surface area contributed by atoms with Crippen LogP contribution in [0.2, 0.25) is 0 Å². The number of nitrogens with two attached hydrogens (primary N) is 1. The van der Waals surface area contributed by atoms with Gasteiger partial charge in [0.05, 0.1) is 5.56 Å². The molecule has 4 N–H and O–H groups in total. The molecule has 2 unspecified atom stereocenters. The Morgan fingerprint density at radius 3 is 2.72 bits per heavy atom. The molecule has 0 spiro atoms. The first-order valence-electron chi connectivity index (χ1n) is 6.19. The summed E-state index contributed by atoms with van der Waals surface area (Å²) in [5, 5.41) is 12.8. The van der Waals surface area contributed by atoms with Crippen molar-refractivity contribution in [2.75, 3.05) is 0 Å². The number of carbonyl (C=O) groups is 1. The summed E-state index contributed by atoms with van der Waals surface area (Å²) >= 11 is 0. The largest absolute Gasteiger partial charge is 0.507 e. The highest BCUT2D eigenvalue weighted by molar-refractivity contribution is 5.97. The van der Waals surface area contributed by atoms with Gasteiger partial charge in [-0.25, -0.2) is 0 Å². The Bertz CT molecular complexity index is 483. The molecule has 1 fully saturated rings. The maximum absolute atomic E-state index is 12.1. The number of hydrogen-bond acceptors (Lipinski definition) is 3. The van der Waals surface area contributed by atoms with Gasteiger partial charge in [-0.1, -0.05) is 26.0 Å². The summed E-state index contributed by atoms with van der Waals surface area (Å²) in [4.78, 5) is 12.1. The highest BCUT2D eigenvalue weighted by Gasteiger charge is 2.46. The van der Waals surface area contributed by atoms with Crippen molar-refractivity contribution < 1.29 is 9.90 Å². The van der Waals surface area contributed by atoms with Crippen LogP contribution in [0.5, 0.6) is 5.75 Å². The van der Waals surface area contributed by atoms with E-state index < -0.39 is 0 Å². The molecule has 2 atom stereocenters. The number of rotatable bonds is 2. The molecule has 1 aliphatic rings. The third-order valence-electron chi connectivity index (χ3n) is 4.13. The zero-order valence-electron chi connectivity index (χ0n) is 11.0. The van der Waals surface area contributed by atoms with Crippen molar-refractivity contribution in [3.05, 3.63) is 29.3 Å². The molecule has 0 bridgehead atoms. The first kappa shape index (κ1) is 12.9. The number of nitrogens with one attached hydrogen (secondary N) is 1. The van der Waals surface area contributed by atoms with Crippen LogP contribution in [0.4, 0.5) is 0 Å². The van der Waals surface area contributed by atoms with E-state index >= 15 is 0 Å². The molecule has 18 heavy (non-hydrogen) atoms. The summed E-state index contributed by atoms with van der Waals surface area (Å²) in [6, 6.07) is 5.36. The number of aromatic hydroxyl groups is 1. The van der Waals surface area contributed by atoms with E-state index in [4.69, 9.17) is 5.73 Å². The number of amides is 1. The summed E-state index contributed by atoms with van der Waals surface area (Å²) in [6.45, 7) is 5.86. The molecule has 0 radical (unpaired) electrons. The number of carbonyl (C=O) groups excluding carboxylic acids is 1. The standard InChI is InChI=1S/C14H20N2O2/c1-8-5-4-6-9(12(8)17)13(18)16-11-7-10(15)14(11,2)3/h4-6,10-11,17H,7,15H2,1-3H3,(H,16,18). The number of phenols is 1. The number of phenolic OH excluding ortho intramolecular Hbond substituents is 1. The second kappa shape index (κ2) is 4.28. The van der Waals surface area contributed by atoms with Gasteiger partial charge < -0.3 is 16.2 Å². The Balaban J connectivity index is 2.12. The first-order chi connectivity index (χ1) is 8.34. The van der Waals surface area contributed by atoms with Crippen molar-refractivity contribution in [1.29, 1.82) is 0 Å². The monoisotopic (exact) mass is 248 g/mol. The molecular weight excluding hydrogens is 228 g/mol. The average molecular weight is 248 g/mol. The number of para-hydroxylation sites is 1. The Kier molecular flexibility index (Phi) is 3.07. The Morgan fingerprint density at radius 1 is 1.50 bits per heavy atom. The van der Waals surface area contributed by atoms with Crippen LogP contribution in [0.3, 0.4) is 0 Å². The average Bonchev–Trinajstić information content (AvgIpc) is 2.32. The summed E-state index contributed by atoms with van der Waals surface area (Å²) in [5.41, 5.74) is 6.85. The Hall–Kier alpha value is -1.55. The lowest BCUT2D eigenvalue weighted by Gasteiger charge is -2.50. The summed E-state index contributed by atoms with van der Waals surface area (Å²) in [6.07, 6.45) is 0.783. The smallest absolute Gasteiger partial charge is 0.255 e. The second-order valence-corrected chi connectivity index (χ2v) is 5.66. The topological polar surface area (TPSA) is 75.4 Å². The normalized spacial score (nSPS) is 25.3. The van der Waals surface area contributed by atoms with Crippen molar-refractivity contribution >= 4 is 5.91 Å². The summed E-state index contributed by atoms with van der Waals surface area (Å²) in [5.74, 6) is -0.183. The van der Waals surface area contributed by atoms with E-state index in [-0.39, 0.29) is 29.2 Å². The van der Waals surface area contributed by atoms with Crippen molar-refractivity contribution in [3.8, 4) is 5.75 Å². The fourth-order valence-corrected chi connectivity index (χ4v) is 2.28. The van der Waals surface area contributed by atoms with E-state index in [1.165, 1.54) is 0 Å². The molecule has 0 saturated heterocycles. The van der Waals surface area contributed by atoms with E-state index in [0.29, 0.717) is 11.1 Å². The molecule has 4 heteroatoms. The van der Waals surface area contributed by atoms with E-state index in [1.807, 2.05) is 13.8 Å². The van der Waals surface area contributed by atoms with Gasteiger partial charge in [0.2, 0.25) is 0 Å². The fraction of sp³-hybridized carbons (Fsp3) is 0.500. The number of hydrogen-bond donors (Lipinski definition) is 3.